The summed E-state index contributed by atoms with van der Waals surface area (Å²) in [4.78, 5) is 17.8. The van der Waals surface area contributed by atoms with Crippen molar-refractivity contribution in [1.29, 1.82) is 0 Å². The Morgan fingerprint density at radius 3 is 2.76 bits per heavy atom. The Kier molecular flexibility index (Phi) is 3.88. The van der Waals surface area contributed by atoms with E-state index in [0.29, 0.717) is 0 Å². The van der Waals surface area contributed by atoms with Gasteiger partial charge in [-0.25, -0.2) is 0 Å². The van der Waals surface area contributed by atoms with Gasteiger partial charge < -0.3 is 5.11 Å². The normalized spacial score (nSPS) is 17.2. The number of carboxylic acid groups (broad SMARTS) is 1. The smallest absolute Gasteiger partial charge is 0.306 e. The average Bonchev–Trinajstić information content (AvgIpc) is 2.48. The van der Waals surface area contributed by atoms with E-state index < -0.39 is 5.97 Å². The molecule has 0 bridgehead atoms. The molecular weight excluding hydrogens is 264 g/mol. The molecule has 1 aliphatic rings. The van der Waals surface area contributed by atoms with Gasteiger partial charge in [0.15, 0.2) is 0 Å². The number of pyridine rings is 1. The van der Waals surface area contributed by atoms with Crippen LogP contribution in [0.25, 0.3) is 10.9 Å². The molecule has 1 N–H and O–H groups in total. The number of benzene rings is 1. The van der Waals surface area contributed by atoms with Crippen molar-refractivity contribution in [2.75, 3.05) is 13.1 Å². The SMILES string of the molecule is Cc1ccc2cc(CN3CCC(C(=O)O)CC3)ccc2n1. The maximum absolute atomic E-state index is 11.0. The molecule has 0 spiro atoms. The highest BCUT2D eigenvalue weighted by Crippen LogP contribution is 2.21. The Bertz CT molecular complexity index is 661. The minimum Gasteiger partial charge on any atom is -0.481 e. The number of carbonyl (C=O) groups is 1. The van der Waals surface area contributed by atoms with E-state index in [0.717, 1.165) is 43.7 Å². The van der Waals surface area contributed by atoms with Crippen LogP contribution in [0.15, 0.2) is 30.3 Å². The van der Waals surface area contributed by atoms with Crippen LogP contribution < -0.4 is 0 Å². The lowest BCUT2D eigenvalue weighted by Gasteiger charge is -2.30. The van der Waals surface area contributed by atoms with Crippen LogP contribution in [0.5, 0.6) is 0 Å². The first-order chi connectivity index (χ1) is 10.1. The summed E-state index contributed by atoms with van der Waals surface area (Å²) >= 11 is 0. The minimum absolute atomic E-state index is 0.162. The molecule has 0 radical (unpaired) electrons. The van der Waals surface area contributed by atoms with Gasteiger partial charge in [-0.2, -0.15) is 0 Å². The van der Waals surface area contributed by atoms with Crippen molar-refractivity contribution in [3.8, 4) is 0 Å². The molecule has 21 heavy (non-hydrogen) atoms. The quantitative estimate of drug-likeness (QED) is 0.941. The molecule has 1 saturated heterocycles. The number of likely N-dealkylation sites (tertiary alicyclic amines) is 1. The number of piperidine rings is 1. The van der Waals surface area contributed by atoms with Crippen molar-refractivity contribution in [2.24, 2.45) is 5.92 Å². The molecule has 1 aliphatic heterocycles. The second kappa shape index (κ2) is 5.82. The molecule has 4 nitrogen and oxygen atoms in total. The summed E-state index contributed by atoms with van der Waals surface area (Å²) in [7, 11) is 0. The molecule has 0 aliphatic carbocycles. The summed E-state index contributed by atoms with van der Waals surface area (Å²) in [5.41, 5.74) is 3.33. The number of rotatable bonds is 3. The van der Waals surface area contributed by atoms with Gasteiger partial charge in [0.1, 0.15) is 0 Å². The Labute approximate surface area is 124 Å². The van der Waals surface area contributed by atoms with Crippen LogP contribution in [-0.2, 0) is 11.3 Å². The molecule has 0 amide bonds. The zero-order valence-corrected chi connectivity index (χ0v) is 12.2. The third kappa shape index (κ3) is 3.22. The van der Waals surface area contributed by atoms with Gasteiger partial charge >= 0.3 is 5.97 Å². The maximum atomic E-state index is 11.0. The highest BCUT2D eigenvalue weighted by Gasteiger charge is 2.24. The van der Waals surface area contributed by atoms with Crippen molar-refractivity contribution in [1.82, 2.24) is 9.88 Å². The maximum Gasteiger partial charge on any atom is 0.306 e. The first-order valence-corrected chi connectivity index (χ1v) is 7.43. The van der Waals surface area contributed by atoms with Gasteiger partial charge in [0.05, 0.1) is 11.4 Å². The fourth-order valence-electron chi connectivity index (χ4n) is 2.97. The molecule has 1 fully saturated rings. The Balaban J connectivity index is 1.68. The topological polar surface area (TPSA) is 53.4 Å². The Morgan fingerprint density at radius 1 is 1.29 bits per heavy atom. The van der Waals surface area contributed by atoms with Crippen molar-refractivity contribution in [2.45, 2.75) is 26.3 Å². The van der Waals surface area contributed by atoms with E-state index >= 15 is 0 Å². The molecule has 110 valence electrons. The van der Waals surface area contributed by atoms with E-state index in [2.05, 4.69) is 34.1 Å². The first-order valence-electron chi connectivity index (χ1n) is 7.43. The number of hydrogen-bond donors (Lipinski definition) is 1. The fraction of sp³-hybridized carbons (Fsp3) is 0.412. The minimum atomic E-state index is -0.651. The van der Waals surface area contributed by atoms with E-state index in [-0.39, 0.29) is 5.92 Å². The van der Waals surface area contributed by atoms with Gasteiger partial charge in [-0.05, 0) is 56.6 Å². The fourth-order valence-corrected chi connectivity index (χ4v) is 2.97. The second-order valence-corrected chi connectivity index (χ2v) is 5.87. The number of hydrogen-bond acceptors (Lipinski definition) is 3. The molecule has 2 heterocycles. The van der Waals surface area contributed by atoms with E-state index in [1.165, 1.54) is 10.9 Å². The van der Waals surface area contributed by atoms with Crippen molar-refractivity contribution >= 4 is 16.9 Å². The average molecular weight is 284 g/mol. The van der Waals surface area contributed by atoms with Gasteiger partial charge in [0.25, 0.3) is 0 Å². The Hall–Kier alpha value is -1.94. The van der Waals surface area contributed by atoms with Crippen molar-refractivity contribution in [3.63, 3.8) is 0 Å². The van der Waals surface area contributed by atoms with E-state index in [1.807, 2.05) is 13.0 Å². The molecule has 0 atom stereocenters. The third-order valence-electron chi connectivity index (χ3n) is 4.24. The molecule has 0 unspecified atom stereocenters. The number of aliphatic carboxylic acids is 1. The highest BCUT2D eigenvalue weighted by atomic mass is 16.4. The first kappa shape index (κ1) is 14.0. The Morgan fingerprint density at radius 2 is 2.05 bits per heavy atom. The molecule has 4 heteroatoms. The van der Waals surface area contributed by atoms with E-state index in [4.69, 9.17) is 5.11 Å². The summed E-state index contributed by atoms with van der Waals surface area (Å²) in [5, 5.41) is 10.2. The van der Waals surface area contributed by atoms with Gasteiger partial charge in [-0.3, -0.25) is 14.7 Å². The third-order valence-corrected chi connectivity index (χ3v) is 4.24. The van der Waals surface area contributed by atoms with Crippen LogP contribution in [0.4, 0.5) is 0 Å². The van der Waals surface area contributed by atoms with Gasteiger partial charge in [-0.1, -0.05) is 12.1 Å². The van der Waals surface area contributed by atoms with E-state index in [1.54, 1.807) is 0 Å². The van der Waals surface area contributed by atoms with Crippen LogP contribution in [0.1, 0.15) is 24.1 Å². The van der Waals surface area contributed by atoms with Crippen LogP contribution in [0, 0.1) is 12.8 Å². The molecule has 2 aromatic rings. The monoisotopic (exact) mass is 284 g/mol. The number of aromatic nitrogens is 1. The zero-order chi connectivity index (χ0) is 14.8. The van der Waals surface area contributed by atoms with Crippen molar-refractivity contribution in [3.05, 3.63) is 41.6 Å². The lowest BCUT2D eigenvalue weighted by atomic mass is 9.96. The molecule has 3 rings (SSSR count). The molecule has 1 aromatic heterocycles. The predicted molar refractivity (Wildman–Crippen MR) is 82.1 cm³/mol. The number of fused-ring (bicyclic) bond motifs is 1. The molecule has 1 aromatic carbocycles. The van der Waals surface area contributed by atoms with Crippen LogP contribution in [-0.4, -0.2) is 34.0 Å². The van der Waals surface area contributed by atoms with Crippen LogP contribution in [0.3, 0.4) is 0 Å². The summed E-state index contributed by atoms with van der Waals surface area (Å²) in [5.74, 6) is -0.813. The predicted octanol–water partition coefficient (Wildman–Crippen LogP) is 2.84. The molecular formula is C17H20N2O2. The lowest BCUT2D eigenvalue weighted by molar-refractivity contribution is -0.143. The highest BCUT2D eigenvalue weighted by molar-refractivity contribution is 5.79. The van der Waals surface area contributed by atoms with E-state index in [9.17, 15) is 4.79 Å². The van der Waals surface area contributed by atoms with Gasteiger partial charge in [0.2, 0.25) is 0 Å². The summed E-state index contributed by atoms with van der Waals surface area (Å²) < 4.78 is 0. The number of carboxylic acids is 1. The molecule has 0 saturated carbocycles. The number of nitrogens with zero attached hydrogens (tertiary/aromatic N) is 2. The van der Waals surface area contributed by atoms with Crippen LogP contribution in [0.2, 0.25) is 0 Å². The summed E-state index contributed by atoms with van der Waals surface area (Å²) in [6.07, 6.45) is 1.51. The second-order valence-electron chi connectivity index (χ2n) is 5.87. The number of aryl methyl sites for hydroxylation is 1. The van der Waals surface area contributed by atoms with Gasteiger partial charge in [-0.15, -0.1) is 0 Å². The van der Waals surface area contributed by atoms with Crippen LogP contribution >= 0.6 is 0 Å². The lowest BCUT2D eigenvalue weighted by Crippen LogP contribution is -2.35. The zero-order valence-electron chi connectivity index (χ0n) is 12.2. The standard InChI is InChI=1S/C17H20N2O2/c1-12-2-4-15-10-13(3-5-16(15)18-12)11-19-8-6-14(7-9-19)17(20)21/h2-5,10,14H,6-9,11H2,1H3,(H,20,21). The van der Waals surface area contributed by atoms with Crippen molar-refractivity contribution < 1.29 is 9.90 Å². The summed E-state index contributed by atoms with van der Waals surface area (Å²) in [6, 6.07) is 10.5. The summed E-state index contributed by atoms with van der Waals surface area (Å²) in [6.45, 7) is 4.61. The largest absolute Gasteiger partial charge is 0.481 e. The van der Waals surface area contributed by atoms with Gasteiger partial charge in [0, 0.05) is 17.6 Å².